The van der Waals surface area contributed by atoms with Gasteiger partial charge in [-0.15, -0.1) is 0 Å². The summed E-state index contributed by atoms with van der Waals surface area (Å²) in [4.78, 5) is 0. The molecule has 1 aromatic rings. The van der Waals surface area contributed by atoms with E-state index in [9.17, 15) is 4.39 Å². The normalized spacial score (nSPS) is 18.2. The zero-order chi connectivity index (χ0) is 10.2. The first kappa shape index (κ1) is 10.1. The van der Waals surface area contributed by atoms with Crippen LogP contribution < -0.4 is 5.73 Å². The van der Waals surface area contributed by atoms with Crippen LogP contribution in [-0.4, -0.2) is 6.54 Å². The molecule has 0 saturated heterocycles. The van der Waals surface area contributed by atoms with Gasteiger partial charge in [-0.05, 0) is 58.8 Å². The second-order valence-corrected chi connectivity index (χ2v) is 4.95. The van der Waals surface area contributed by atoms with E-state index in [0.29, 0.717) is 11.0 Å². The average Bonchev–Trinajstić information content (AvgIpc) is 2.94. The largest absolute Gasteiger partial charge is 0.330 e. The molecule has 1 fully saturated rings. The Hall–Kier alpha value is -0.410. The quantitative estimate of drug-likeness (QED) is 0.886. The summed E-state index contributed by atoms with van der Waals surface area (Å²) >= 11 is 3.19. The van der Waals surface area contributed by atoms with Gasteiger partial charge < -0.3 is 5.73 Å². The highest BCUT2D eigenvalue weighted by molar-refractivity contribution is 9.10. The van der Waals surface area contributed by atoms with E-state index in [1.54, 1.807) is 6.07 Å². The molecule has 14 heavy (non-hydrogen) atoms. The van der Waals surface area contributed by atoms with E-state index >= 15 is 0 Å². The number of rotatable bonds is 3. The molecule has 0 radical (unpaired) electrons. The first-order valence-electron chi connectivity index (χ1n) is 4.80. The van der Waals surface area contributed by atoms with Crippen molar-refractivity contribution < 1.29 is 4.39 Å². The second-order valence-electron chi connectivity index (χ2n) is 4.09. The minimum Gasteiger partial charge on any atom is -0.330 e. The zero-order valence-electron chi connectivity index (χ0n) is 7.89. The summed E-state index contributed by atoms with van der Waals surface area (Å²) in [6.07, 6.45) is 3.04. The lowest BCUT2D eigenvalue weighted by molar-refractivity contribution is 0.498. The molecule has 1 aromatic carbocycles. The predicted octanol–water partition coefficient (Wildman–Crippen LogP) is 2.87. The lowest BCUT2D eigenvalue weighted by atomic mass is 9.96. The summed E-state index contributed by atoms with van der Waals surface area (Å²) in [5.74, 6) is -0.132. The standard InChI is InChI=1S/C11H13BrFN/c12-9-3-1-2-8(10(9)13)6-11(7-14)4-5-11/h1-3H,4-7,14H2. The molecule has 1 aliphatic rings. The third kappa shape index (κ3) is 1.84. The second kappa shape index (κ2) is 3.63. The summed E-state index contributed by atoms with van der Waals surface area (Å²) in [7, 11) is 0. The van der Waals surface area contributed by atoms with Crippen molar-refractivity contribution in [1.29, 1.82) is 0 Å². The Kier molecular flexibility index (Phi) is 2.62. The monoisotopic (exact) mass is 257 g/mol. The van der Waals surface area contributed by atoms with Crippen LogP contribution in [0.25, 0.3) is 0 Å². The van der Waals surface area contributed by atoms with Gasteiger partial charge in [0.1, 0.15) is 5.82 Å². The lowest BCUT2D eigenvalue weighted by Gasteiger charge is -2.12. The highest BCUT2D eigenvalue weighted by atomic mass is 79.9. The number of halogens is 2. The van der Waals surface area contributed by atoms with Crippen LogP contribution in [-0.2, 0) is 6.42 Å². The van der Waals surface area contributed by atoms with Gasteiger partial charge in [0.05, 0.1) is 4.47 Å². The molecule has 1 nitrogen and oxygen atoms in total. The van der Waals surface area contributed by atoms with Gasteiger partial charge in [0, 0.05) is 0 Å². The molecular weight excluding hydrogens is 245 g/mol. The molecule has 0 amide bonds. The molecule has 0 aliphatic heterocycles. The maximum absolute atomic E-state index is 13.6. The topological polar surface area (TPSA) is 26.0 Å². The van der Waals surface area contributed by atoms with Gasteiger partial charge in [-0.25, -0.2) is 4.39 Å². The molecule has 1 aliphatic carbocycles. The van der Waals surface area contributed by atoms with Crippen LogP contribution >= 0.6 is 15.9 Å². The van der Waals surface area contributed by atoms with Crippen molar-refractivity contribution in [2.75, 3.05) is 6.54 Å². The Morgan fingerprint density at radius 2 is 2.14 bits per heavy atom. The van der Waals surface area contributed by atoms with Crippen LogP contribution in [0.2, 0.25) is 0 Å². The Bertz CT molecular complexity index is 347. The van der Waals surface area contributed by atoms with E-state index in [1.807, 2.05) is 12.1 Å². The molecule has 0 atom stereocenters. The predicted molar refractivity (Wildman–Crippen MR) is 58.5 cm³/mol. The smallest absolute Gasteiger partial charge is 0.140 e. The minimum atomic E-state index is -0.132. The minimum absolute atomic E-state index is 0.132. The van der Waals surface area contributed by atoms with Gasteiger partial charge in [0.15, 0.2) is 0 Å². The number of nitrogens with two attached hydrogens (primary N) is 1. The van der Waals surface area contributed by atoms with Crippen LogP contribution in [0.4, 0.5) is 4.39 Å². The molecule has 0 unspecified atom stereocenters. The summed E-state index contributed by atoms with van der Waals surface area (Å²) < 4.78 is 14.2. The van der Waals surface area contributed by atoms with Crippen molar-refractivity contribution in [3.63, 3.8) is 0 Å². The van der Waals surface area contributed by atoms with E-state index in [1.165, 1.54) is 0 Å². The third-order valence-corrected chi connectivity index (χ3v) is 3.60. The summed E-state index contributed by atoms with van der Waals surface area (Å²) in [6, 6.07) is 5.44. The molecule has 76 valence electrons. The Morgan fingerprint density at radius 1 is 1.43 bits per heavy atom. The first-order valence-corrected chi connectivity index (χ1v) is 5.59. The van der Waals surface area contributed by atoms with Crippen LogP contribution in [0.1, 0.15) is 18.4 Å². The van der Waals surface area contributed by atoms with Crippen molar-refractivity contribution in [3.05, 3.63) is 34.1 Å². The average molecular weight is 258 g/mol. The maximum atomic E-state index is 13.6. The van der Waals surface area contributed by atoms with Crippen LogP contribution in [0.5, 0.6) is 0 Å². The fourth-order valence-electron chi connectivity index (χ4n) is 1.72. The Labute approximate surface area is 91.6 Å². The van der Waals surface area contributed by atoms with Crippen molar-refractivity contribution in [2.45, 2.75) is 19.3 Å². The van der Waals surface area contributed by atoms with Crippen molar-refractivity contribution in [2.24, 2.45) is 11.1 Å². The van der Waals surface area contributed by atoms with Crippen LogP contribution in [0.15, 0.2) is 22.7 Å². The van der Waals surface area contributed by atoms with Crippen LogP contribution in [0, 0.1) is 11.2 Å². The number of benzene rings is 1. The van der Waals surface area contributed by atoms with Crippen molar-refractivity contribution in [1.82, 2.24) is 0 Å². The molecule has 2 rings (SSSR count). The van der Waals surface area contributed by atoms with Gasteiger partial charge in [-0.3, -0.25) is 0 Å². The van der Waals surface area contributed by atoms with Gasteiger partial charge >= 0.3 is 0 Å². The SMILES string of the molecule is NCC1(Cc2cccc(Br)c2F)CC1. The fraction of sp³-hybridized carbons (Fsp3) is 0.455. The highest BCUT2D eigenvalue weighted by Crippen LogP contribution is 2.47. The van der Waals surface area contributed by atoms with E-state index in [2.05, 4.69) is 15.9 Å². The number of hydrogen-bond acceptors (Lipinski definition) is 1. The van der Waals surface area contributed by atoms with Crippen molar-refractivity contribution in [3.8, 4) is 0 Å². The fourth-order valence-corrected chi connectivity index (χ4v) is 2.13. The third-order valence-electron chi connectivity index (χ3n) is 2.99. The maximum Gasteiger partial charge on any atom is 0.140 e. The van der Waals surface area contributed by atoms with Gasteiger partial charge in [-0.1, -0.05) is 12.1 Å². The Balaban J connectivity index is 2.21. The molecule has 0 aromatic heterocycles. The van der Waals surface area contributed by atoms with Gasteiger partial charge in [0.25, 0.3) is 0 Å². The van der Waals surface area contributed by atoms with E-state index in [-0.39, 0.29) is 11.2 Å². The number of hydrogen-bond donors (Lipinski definition) is 1. The lowest BCUT2D eigenvalue weighted by Crippen LogP contribution is -2.18. The Morgan fingerprint density at radius 3 is 2.71 bits per heavy atom. The first-order chi connectivity index (χ1) is 6.67. The molecule has 0 spiro atoms. The molecular formula is C11H13BrFN. The highest BCUT2D eigenvalue weighted by Gasteiger charge is 2.41. The van der Waals surface area contributed by atoms with E-state index < -0.39 is 0 Å². The van der Waals surface area contributed by atoms with Gasteiger partial charge in [-0.2, -0.15) is 0 Å². The molecule has 0 heterocycles. The van der Waals surface area contributed by atoms with Crippen molar-refractivity contribution >= 4 is 15.9 Å². The molecule has 0 bridgehead atoms. The molecule has 2 N–H and O–H groups in total. The summed E-state index contributed by atoms with van der Waals surface area (Å²) in [5, 5.41) is 0. The van der Waals surface area contributed by atoms with Gasteiger partial charge in [0.2, 0.25) is 0 Å². The molecule has 1 saturated carbocycles. The van der Waals surface area contributed by atoms with E-state index in [4.69, 9.17) is 5.73 Å². The summed E-state index contributed by atoms with van der Waals surface area (Å²) in [6.45, 7) is 0.666. The van der Waals surface area contributed by atoms with E-state index in [0.717, 1.165) is 24.8 Å². The van der Waals surface area contributed by atoms with Crippen LogP contribution in [0.3, 0.4) is 0 Å². The summed E-state index contributed by atoms with van der Waals surface area (Å²) in [5.41, 5.74) is 6.65. The zero-order valence-corrected chi connectivity index (χ0v) is 9.48. The molecule has 3 heteroatoms.